The number of amides is 1. The van der Waals surface area contributed by atoms with Crippen molar-refractivity contribution in [3.8, 4) is 11.4 Å². The maximum absolute atomic E-state index is 12.0. The Labute approximate surface area is 145 Å². The minimum atomic E-state index is -0.0377. The molecule has 0 radical (unpaired) electrons. The van der Waals surface area contributed by atoms with E-state index in [2.05, 4.69) is 15.5 Å². The molecule has 1 fully saturated rings. The number of benzene rings is 1. The number of aryl methyl sites for hydroxylation is 1. The van der Waals surface area contributed by atoms with Crippen LogP contribution in [0.3, 0.4) is 0 Å². The van der Waals surface area contributed by atoms with Crippen LogP contribution in [0, 0.1) is 0 Å². The first-order valence-corrected chi connectivity index (χ1v) is 8.49. The predicted molar refractivity (Wildman–Crippen MR) is 89.6 cm³/mol. The molecule has 2 heterocycles. The molecule has 128 valence electrons. The lowest BCUT2D eigenvalue weighted by molar-refractivity contribution is -0.122. The number of nitrogens with zero attached hydrogens (tertiary/aromatic N) is 2. The summed E-state index contributed by atoms with van der Waals surface area (Å²) in [5.74, 6) is 0.902. The number of hydrogen-bond acceptors (Lipinski definition) is 5. The highest BCUT2D eigenvalue weighted by molar-refractivity contribution is 6.30. The van der Waals surface area contributed by atoms with Crippen LogP contribution in [0.25, 0.3) is 11.4 Å². The fraction of sp³-hybridized carbons (Fsp3) is 0.471. The van der Waals surface area contributed by atoms with Gasteiger partial charge in [0.05, 0.1) is 12.1 Å². The van der Waals surface area contributed by atoms with Gasteiger partial charge in [0, 0.05) is 30.0 Å². The van der Waals surface area contributed by atoms with Gasteiger partial charge in [-0.25, -0.2) is 0 Å². The standard InChI is InChI=1S/C17H20ClN3O3/c1-11(14-3-2-10-23-14)19-15(22)8-9-16-20-17(21-24-16)12-4-6-13(18)7-5-12/h4-7,11,14H,2-3,8-10H2,1H3,(H,19,22)/t11-,14+/m1/s1. The van der Waals surface area contributed by atoms with Gasteiger partial charge in [0.15, 0.2) is 0 Å². The Kier molecular flexibility index (Phi) is 5.48. The molecular weight excluding hydrogens is 330 g/mol. The molecule has 1 aromatic carbocycles. The SMILES string of the molecule is C[C@@H](NC(=O)CCc1nc(-c2ccc(Cl)cc2)no1)[C@@H]1CCCO1. The minimum absolute atomic E-state index is 0.0207. The zero-order valence-corrected chi connectivity index (χ0v) is 14.3. The van der Waals surface area contributed by atoms with Gasteiger partial charge in [0.25, 0.3) is 0 Å². The molecule has 1 aliphatic heterocycles. The van der Waals surface area contributed by atoms with E-state index in [0.717, 1.165) is 25.0 Å². The quantitative estimate of drug-likeness (QED) is 0.867. The Balaban J connectivity index is 1.49. The average Bonchev–Trinajstić information content (AvgIpc) is 3.25. The summed E-state index contributed by atoms with van der Waals surface area (Å²) in [6, 6.07) is 7.21. The van der Waals surface area contributed by atoms with Crippen LogP contribution in [-0.2, 0) is 16.0 Å². The first-order valence-electron chi connectivity index (χ1n) is 8.11. The van der Waals surface area contributed by atoms with E-state index in [1.54, 1.807) is 12.1 Å². The highest BCUT2D eigenvalue weighted by atomic mass is 35.5. The van der Waals surface area contributed by atoms with Crippen LogP contribution in [0.1, 0.15) is 32.1 Å². The zero-order chi connectivity index (χ0) is 16.9. The Morgan fingerprint density at radius 2 is 2.21 bits per heavy atom. The molecule has 24 heavy (non-hydrogen) atoms. The topological polar surface area (TPSA) is 77.3 Å². The second kappa shape index (κ2) is 7.77. The second-order valence-electron chi connectivity index (χ2n) is 5.93. The first kappa shape index (κ1) is 16.9. The van der Waals surface area contributed by atoms with Crippen molar-refractivity contribution in [1.82, 2.24) is 15.5 Å². The van der Waals surface area contributed by atoms with Gasteiger partial charge >= 0.3 is 0 Å². The Morgan fingerprint density at radius 1 is 1.42 bits per heavy atom. The lowest BCUT2D eigenvalue weighted by Gasteiger charge is -2.19. The number of ether oxygens (including phenoxy) is 1. The molecule has 6 nitrogen and oxygen atoms in total. The van der Waals surface area contributed by atoms with Crippen molar-refractivity contribution < 1.29 is 14.1 Å². The molecule has 1 saturated heterocycles. The van der Waals surface area contributed by atoms with Crippen molar-refractivity contribution in [2.75, 3.05) is 6.61 Å². The van der Waals surface area contributed by atoms with E-state index in [0.29, 0.717) is 29.6 Å². The molecule has 0 saturated carbocycles. The molecule has 7 heteroatoms. The van der Waals surface area contributed by atoms with E-state index < -0.39 is 0 Å². The van der Waals surface area contributed by atoms with Crippen LogP contribution in [0.5, 0.6) is 0 Å². The summed E-state index contributed by atoms with van der Waals surface area (Å²) in [6.07, 6.45) is 2.88. The van der Waals surface area contributed by atoms with Gasteiger partial charge < -0.3 is 14.6 Å². The summed E-state index contributed by atoms with van der Waals surface area (Å²) in [6.45, 7) is 2.75. The molecule has 2 atom stereocenters. The van der Waals surface area contributed by atoms with Gasteiger partial charge in [0.1, 0.15) is 0 Å². The van der Waals surface area contributed by atoms with Crippen molar-refractivity contribution in [3.63, 3.8) is 0 Å². The molecule has 1 aliphatic rings. The lowest BCUT2D eigenvalue weighted by Crippen LogP contribution is -2.40. The van der Waals surface area contributed by atoms with Crippen molar-refractivity contribution in [2.24, 2.45) is 0 Å². The Morgan fingerprint density at radius 3 is 2.92 bits per heavy atom. The van der Waals surface area contributed by atoms with E-state index in [1.807, 2.05) is 19.1 Å². The number of halogens is 1. The summed E-state index contributed by atoms with van der Waals surface area (Å²) in [7, 11) is 0. The summed E-state index contributed by atoms with van der Waals surface area (Å²) in [5.41, 5.74) is 0.825. The van der Waals surface area contributed by atoms with Crippen LogP contribution >= 0.6 is 11.6 Å². The van der Waals surface area contributed by atoms with Gasteiger partial charge in [-0.2, -0.15) is 4.98 Å². The van der Waals surface area contributed by atoms with Crippen LogP contribution in [0.2, 0.25) is 5.02 Å². The Hall–Kier alpha value is -1.92. The third-order valence-electron chi connectivity index (χ3n) is 4.05. The number of carbonyl (C=O) groups is 1. The van der Waals surface area contributed by atoms with Crippen molar-refractivity contribution >= 4 is 17.5 Å². The average molecular weight is 350 g/mol. The molecule has 0 unspecified atom stereocenters. The minimum Gasteiger partial charge on any atom is -0.376 e. The van der Waals surface area contributed by atoms with E-state index in [-0.39, 0.29) is 18.1 Å². The monoisotopic (exact) mass is 349 g/mol. The van der Waals surface area contributed by atoms with Gasteiger partial charge in [0.2, 0.25) is 17.6 Å². The normalized spacial score (nSPS) is 18.5. The summed E-state index contributed by atoms with van der Waals surface area (Å²) >= 11 is 5.86. The maximum Gasteiger partial charge on any atom is 0.227 e. The highest BCUT2D eigenvalue weighted by Crippen LogP contribution is 2.19. The van der Waals surface area contributed by atoms with Crippen molar-refractivity contribution in [3.05, 3.63) is 35.2 Å². The summed E-state index contributed by atoms with van der Waals surface area (Å²) in [5, 5.41) is 7.56. The number of rotatable bonds is 6. The fourth-order valence-electron chi connectivity index (χ4n) is 2.71. The van der Waals surface area contributed by atoms with Gasteiger partial charge in [-0.3, -0.25) is 4.79 Å². The van der Waals surface area contributed by atoms with Gasteiger partial charge in [-0.05, 0) is 44.0 Å². The van der Waals surface area contributed by atoms with Gasteiger partial charge in [-0.1, -0.05) is 16.8 Å². The van der Waals surface area contributed by atoms with Crippen molar-refractivity contribution in [2.45, 2.75) is 44.8 Å². The maximum atomic E-state index is 12.0. The van der Waals surface area contributed by atoms with Crippen LogP contribution in [0.15, 0.2) is 28.8 Å². The van der Waals surface area contributed by atoms with Gasteiger partial charge in [-0.15, -0.1) is 0 Å². The smallest absolute Gasteiger partial charge is 0.227 e. The first-order chi connectivity index (χ1) is 11.6. The van der Waals surface area contributed by atoms with E-state index in [9.17, 15) is 4.79 Å². The third kappa shape index (κ3) is 4.33. The van der Waals surface area contributed by atoms with E-state index in [4.69, 9.17) is 20.9 Å². The van der Waals surface area contributed by atoms with E-state index >= 15 is 0 Å². The predicted octanol–water partition coefficient (Wildman–Crippen LogP) is 3.01. The molecule has 1 aromatic heterocycles. The van der Waals surface area contributed by atoms with Crippen LogP contribution in [-0.4, -0.2) is 34.8 Å². The highest BCUT2D eigenvalue weighted by Gasteiger charge is 2.23. The number of carbonyl (C=O) groups excluding carboxylic acids is 1. The molecular formula is C17H20ClN3O3. The Bertz CT molecular complexity index is 681. The number of nitrogens with one attached hydrogen (secondary N) is 1. The second-order valence-corrected chi connectivity index (χ2v) is 6.36. The molecule has 1 amide bonds. The van der Waals surface area contributed by atoms with Crippen LogP contribution < -0.4 is 5.32 Å². The number of hydrogen-bond donors (Lipinski definition) is 1. The molecule has 0 spiro atoms. The lowest BCUT2D eigenvalue weighted by atomic mass is 10.1. The molecule has 0 aliphatic carbocycles. The summed E-state index contributed by atoms with van der Waals surface area (Å²) in [4.78, 5) is 16.3. The zero-order valence-electron chi connectivity index (χ0n) is 13.5. The molecule has 2 aromatic rings. The third-order valence-corrected chi connectivity index (χ3v) is 4.30. The molecule has 0 bridgehead atoms. The molecule has 1 N–H and O–H groups in total. The molecule has 3 rings (SSSR count). The van der Waals surface area contributed by atoms with Crippen LogP contribution in [0.4, 0.5) is 0 Å². The largest absolute Gasteiger partial charge is 0.376 e. The fourth-order valence-corrected chi connectivity index (χ4v) is 2.84. The van der Waals surface area contributed by atoms with Crippen molar-refractivity contribution in [1.29, 1.82) is 0 Å². The summed E-state index contributed by atoms with van der Waals surface area (Å²) < 4.78 is 10.8. The van der Waals surface area contributed by atoms with E-state index in [1.165, 1.54) is 0 Å². The number of aromatic nitrogens is 2.